The minimum Gasteiger partial charge on any atom is -0.497 e. The van der Waals surface area contributed by atoms with Crippen molar-refractivity contribution in [1.29, 1.82) is 0 Å². The van der Waals surface area contributed by atoms with Crippen molar-refractivity contribution in [3.63, 3.8) is 0 Å². The van der Waals surface area contributed by atoms with Crippen LogP contribution in [0.4, 0.5) is 0 Å². The van der Waals surface area contributed by atoms with Crippen LogP contribution in [0.2, 0.25) is 0 Å². The normalized spacial score (nSPS) is 16.7. The van der Waals surface area contributed by atoms with Gasteiger partial charge in [-0.1, -0.05) is 6.07 Å². The first kappa shape index (κ1) is 20.6. The Balaban J connectivity index is 1.55. The van der Waals surface area contributed by atoms with Crippen molar-refractivity contribution in [3.8, 4) is 11.5 Å². The Bertz CT molecular complexity index is 718. The van der Waals surface area contributed by atoms with Crippen LogP contribution in [0.3, 0.4) is 0 Å². The van der Waals surface area contributed by atoms with Crippen molar-refractivity contribution >= 4 is 0 Å². The molecule has 0 saturated carbocycles. The molecule has 28 heavy (non-hydrogen) atoms. The number of piperazine rings is 1. The highest BCUT2D eigenvalue weighted by Gasteiger charge is 2.18. The van der Waals surface area contributed by atoms with Crippen molar-refractivity contribution in [2.24, 2.45) is 0 Å². The van der Waals surface area contributed by atoms with Gasteiger partial charge in [0.05, 0.1) is 12.8 Å². The highest BCUT2D eigenvalue weighted by molar-refractivity contribution is 5.40. The Kier molecular flexibility index (Phi) is 7.65. The van der Waals surface area contributed by atoms with Crippen LogP contribution >= 0.6 is 0 Å². The molecule has 1 aliphatic rings. The van der Waals surface area contributed by atoms with Crippen LogP contribution in [0, 0.1) is 0 Å². The van der Waals surface area contributed by atoms with Gasteiger partial charge in [-0.3, -0.25) is 9.88 Å². The highest BCUT2D eigenvalue weighted by atomic mass is 16.5. The Morgan fingerprint density at radius 1 is 1.14 bits per heavy atom. The lowest BCUT2D eigenvalue weighted by molar-refractivity contribution is 0.117. The molecule has 1 N–H and O–H groups in total. The van der Waals surface area contributed by atoms with Gasteiger partial charge < -0.3 is 19.7 Å². The van der Waals surface area contributed by atoms with Gasteiger partial charge in [-0.25, -0.2) is 0 Å². The molecule has 152 valence electrons. The van der Waals surface area contributed by atoms with E-state index >= 15 is 0 Å². The molecule has 0 radical (unpaired) electrons. The second-order valence-corrected chi connectivity index (χ2v) is 7.40. The zero-order chi connectivity index (χ0) is 19.8. The minimum atomic E-state index is 0.456. The van der Waals surface area contributed by atoms with Gasteiger partial charge in [0, 0.05) is 57.1 Å². The SMILES string of the molecule is COc1ccc(OCc2ccccn2)c(CNCC(C)N2CCN(C)CC2)c1. The first-order chi connectivity index (χ1) is 13.7. The lowest BCUT2D eigenvalue weighted by atomic mass is 10.1. The Morgan fingerprint density at radius 3 is 2.68 bits per heavy atom. The monoisotopic (exact) mass is 384 g/mol. The van der Waals surface area contributed by atoms with Gasteiger partial charge in [-0.05, 0) is 44.3 Å². The lowest BCUT2D eigenvalue weighted by Crippen LogP contribution is -2.50. The van der Waals surface area contributed by atoms with Crippen LogP contribution in [-0.2, 0) is 13.2 Å². The summed E-state index contributed by atoms with van der Waals surface area (Å²) >= 11 is 0. The third kappa shape index (κ3) is 5.92. The van der Waals surface area contributed by atoms with E-state index in [0.717, 1.165) is 62.0 Å². The number of methoxy groups -OCH3 is 1. The Hall–Kier alpha value is -2.15. The molecule has 3 rings (SSSR count). The smallest absolute Gasteiger partial charge is 0.130 e. The number of benzene rings is 1. The summed E-state index contributed by atoms with van der Waals surface area (Å²) in [5, 5.41) is 3.59. The number of likely N-dealkylation sites (N-methyl/N-ethyl adjacent to an activating group) is 1. The zero-order valence-corrected chi connectivity index (χ0v) is 17.2. The molecule has 1 aromatic carbocycles. The van der Waals surface area contributed by atoms with Crippen molar-refractivity contribution in [2.45, 2.75) is 26.1 Å². The number of aromatic nitrogens is 1. The summed E-state index contributed by atoms with van der Waals surface area (Å²) in [5.74, 6) is 1.71. The van der Waals surface area contributed by atoms with E-state index in [1.807, 2.05) is 36.4 Å². The number of rotatable bonds is 9. The maximum Gasteiger partial charge on any atom is 0.130 e. The van der Waals surface area contributed by atoms with Gasteiger partial charge in [0.2, 0.25) is 0 Å². The molecule has 2 aromatic rings. The first-order valence-electron chi connectivity index (χ1n) is 9.98. The Morgan fingerprint density at radius 2 is 1.96 bits per heavy atom. The van der Waals surface area contributed by atoms with Gasteiger partial charge in [0.15, 0.2) is 0 Å². The third-order valence-corrected chi connectivity index (χ3v) is 5.29. The standard InChI is InChI=1S/C22H32N4O2/c1-18(26-12-10-25(2)11-13-26)15-23-16-19-14-21(27-3)7-8-22(19)28-17-20-6-4-5-9-24-20/h4-9,14,18,23H,10-13,15-17H2,1-3H3. The number of nitrogens with zero attached hydrogens (tertiary/aromatic N) is 3. The fraction of sp³-hybridized carbons (Fsp3) is 0.500. The van der Waals surface area contributed by atoms with E-state index in [0.29, 0.717) is 12.6 Å². The van der Waals surface area contributed by atoms with Crippen LogP contribution in [0.25, 0.3) is 0 Å². The summed E-state index contributed by atoms with van der Waals surface area (Å²) in [6.45, 7) is 9.00. The predicted octanol–water partition coefficient (Wildman–Crippen LogP) is 2.39. The van der Waals surface area contributed by atoms with Gasteiger partial charge >= 0.3 is 0 Å². The van der Waals surface area contributed by atoms with Crippen molar-refractivity contribution < 1.29 is 9.47 Å². The summed E-state index contributed by atoms with van der Waals surface area (Å²) in [7, 11) is 3.88. The molecule has 1 fully saturated rings. The van der Waals surface area contributed by atoms with Crippen LogP contribution in [0.1, 0.15) is 18.2 Å². The fourth-order valence-corrected chi connectivity index (χ4v) is 3.40. The topological polar surface area (TPSA) is 49.9 Å². The molecule has 1 atom stereocenters. The molecule has 0 bridgehead atoms. The van der Waals surface area contributed by atoms with Crippen molar-refractivity contribution in [1.82, 2.24) is 20.1 Å². The molecule has 0 amide bonds. The van der Waals surface area contributed by atoms with E-state index in [1.165, 1.54) is 0 Å². The molecule has 6 nitrogen and oxygen atoms in total. The molecule has 1 aliphatic heterocycles. The second kappa shape index (κ2) is 10.4. The van der Waals surface area contributed by atoms with E-state index < -0.39 is 0 Å². The van der Waals surface area contributed by atoms with Crippen LogP contribution in [0.15, 0.2) is 42.6 Å². The zero-order valence-electron chi connectivity index (χ0n) is 17.2. The first-order valence-corrected chi connectivity index (χ1v) is 9.98. The van der Waals surface area contributed by atoms with E-state index in [9.17, 15) is 0 Å². The second-order valence-electron chi connectivity index (χ2n) is 7.40. The number of ether oxygens (including phenoxy) is 2. The lowest BCUT2D eigenvalue weighted by Gasteiger charge is -2.36. The van der Waals surface area contributed by atoms with Gasteiger partial charge in [-0.2, -0.15) is 0 Å². The summed E-state index contributed by atoms with van der Waals surface area (Å²) in [5.41, 5.74) is 2.02. The predicted molar refractivity (Wildman–Crippen MR) is 112 cm³/mol. The highest BCUT2D eigenvalue weighted by Crippen LogP contribution is 2.25. The van der Waals surface area contributed by atoms with Crippen molar-refractivity contribution in [3.05, 3.63) is 53.9 Å². The number of hydrogen-bond acceptors (Lipinski definition) is 6. The van der Waals surface area contributed by atoms with Crippen molar-refractivity contribution in [2.75, 3.05) is 46.9 Å². The Labute approximate surface area is 168 Å². The molecule has 6 heteroatoms. The minimum absolute atomic E-state index is 0.456. The largest absolute Gasteiger partial charge is 0.497 e. The summed E-state index contributed by atoms with van der Waals surface area (Å²) < 4.78 is 11.4. The molecular weight excluding hydrogens is 352 g/mol. The third-order valence-electron chi connectivity index (χ3n) is 5.29. The van der Waals surface area contributed by atoms with Gasteiger partial charge in [0.1, 0.15) is 18.1 Å². The van der Waals surface area contributed by atoms with Gasteiger partial charge in [0.25, 0.3) is 0 Å². The average Bonchev–Trinajstić information content (AvgIpc) is 2.74. The molecule has 1 aromatic heterocycles. The van der Waals surface area contributed by atoms with Crippen LogP contribution in [-0.4, -0.2) is 67.7 Å². The molecule has 1 unspecified atom stereocenters. The van der Waals surface area contributed by atoms with E-state index in [-0.39, 0.29) is 0 Å². The maximum absolute atomic E-state index is 6.03. The fourth-order valence-electron chi connectivity index (χ4n) is 3.40. The van der Waals surface area contributed by atoms with Gasteiger partial charge in [-0.15, -0.1) is 0 Å². The van der Waals surface area contributed by atoms with Crippen LogP contribution in [0.5, 0.6) is 11.5 Å². The summed E-state index contributed by atoms with van der Waals surface area (Å²) in [6, 6.07) is 12.3. The molecule has 2 heterocycles. The van der Waals surface area contributed by atoms with E-state index in [2.05, 4.69) is 34.1 Å². The number of pyridine rings is 1. The summed E-state index contributed by atoms with van der Waals surface area (Å²) in [6.07, 6.45) is 1.79. The molecule has 0 aliphatic carbocycles. The quantitative estimate of drug-likeness (QED) is 0.716. The molecular formula is C22H32N4O2. The number of hydrogen-bond donors (Lipinski definition) is 1. The number of nitrogens with one attached hydrogen (secondary N) is 1. The van der Waals surface area contributed by atoms with Crippen LogP contribution < -0.4 is 14.8 Å². The summed E-state index contributed by atoms with van der Waals surface area (Å²) in [4.78, 5) is 9.27. The van der Waals surface area contributed by atoms with E-state index in [4.69, 9.17) is 9.47 Å². The molecule has 0 spiro atoms. The molecule has 1 saturated heterocycles. The maximum atomic E-state index is 6.03. The average molecular weight is 385 g/mol. The van der Waals surface area contributed by atoms with E-state index in [1.54, 1.807) is 13.3 Å².